The van der Waals surface area contributed by atoms with Gasteiger partial charge in [0.15, 0.2) is 5.13 Å². The van der Waals surface area contributed by atoms with Gasteiger partial charge in [0.2, 0.25) is 5.91 Å². The van der Waals surface area contributed by atoms with Crippen LogP contribution in [0.15, 0.2) is 48.5 Å². The van der Waals surface area contributed by atoms with E-state index >= 15 is 0 Å². The Kier molecular flexibility index (Phi) is 5.25. The number of amides is 1. The van der Waals surface area contributed by atoms with Crippen LogP contribution in [0.2, 0.25) is 0 Å². The Bertz CT molecular complexity index is 918. The first-order valence-corrected chi connectivity index (χ1v) is 10.1. The molecule has 0 aliphatic carbocycles. The number of thiazole rings is 1. The van der Waals surface area contributed by atoms with Crippen molar-refractivity contribution in [3.8, 4) is 5.75 Å². The SMILES string of the molecule is COc1ccc2nc(N3CCC(C(=O)NCc4ccccc4)CC3)sc2c1. The minimum atomic E-state index is 0.0828. The number of anilines is 1. The van der Waals surface area contributed by atoms with E-state index in [0.717, 1.165) is 52.6 Å². The van der Waals surface area contributed by atoms with Gasteiger partial charge in [-0.05, 0) is 36.6 Å². The summed E-state index contributed by atoms with van der Waals surface area (Å²) in [7, 11) is 1.68. The Balaban J connectivity index is 1.33. The van der Waals surface area contributed by atoms with Crippen molar-refractivity contribution in [1.82, 2.24) is 10.3 Å². The quantitative estimate of drug-likeness (QED) is 0.730. The summed E-state index contributed by atoms with van der Waals surface area (Å²) in [5, 5.41) is 4.10. The number of carbonyl (C=O) groups is 1. The second-order valence-electron chi connectivity index (χ2n) is 6.79. The molecule has 3 aromatic rings. The second-order valence-corrected chi connectivity index (χ2v) is 7.80. The van der Waals surface area contributed by atoms with E-state index in [1.807, 2.05) is 48.5 Å². The summed E-state index contributed by atoms with van der Waals surface area (Å²) >= 11 is 1.68. The van der Waals surface area contributed by atoms with Crippen LogP contribution in [0.5, 0.6) is 5.75 Å². The number of aromatic nitrogens is 1. The Morgan fingerprint density at radius 3 is 2.74 bits per heavy atom. The maximum Gasteiger partial charge on any atom is 0.223 e. The van der Waals surface area contributed by atoms with Gasteiger partial charge in [0.1, 0.15) is 5.75 Å². The Labute approximate surface area is 163 Å². The van der Waals surface area contributed by atoms with Gasteiger partial charge < -0.3 is 15.0 Å². The molecule has 1 aliphatic rings. The topological polar surface area (TPSA) is 54.5 Å². The lowest BCUT2D eigenvalue weighted by atomic mass is 9.96. The van der Waals surface area contributed by atoms with E-state index in [2.05, 4.69) is 10.2 Å². The zero-order valence-electron chi connectivity index (χ0n) is 15.4. The summed E-state index contributed by atoms with van der Waals surface area (Å²) in [4.78, 5) is 19.5. The summed E-state index contributed by atoms with van der Waals surface area (Å²) in [5.74, 6) is 1.10. The molecule has 0 saturated carbocycles. The van der Waals surface area contributed by atoms with E-state index in [4.69, 9.17) is 9.72 Å². The zero-order chi connectivity index (χ0) is 18.6. The molecule has 1 amide bonds. The van der Waals surface area contributed by atoms with Gasteiger partial charge in [0.05, 0.1) is 17.3 Å². The highest BCUT2D eigenvalue weighted by Gasteiger charge is 2.26. The van der Waals surface area contributed by atoms with Crippen molar-refractivity contribution in [2.75, 3.05) is 25.1 Å². The molecule has 2 aromatic carbocycles. The molecule has 1 N–H and O–H groups in total. The van der Waals surface area contributed by atoms with E-state index in [1.54, 1.807) is 18.4 Å². The Morgan fingerprint density at radius 2 is 2.00 bits per heavy atom. The van der Waals surface area contributed by atoms with Gasteiger partial charge in [-0.25, -0.2) is 4.98 Å². The number of ether oxygens (including phenoxy) is 1. The zero-order valence-corrected chi connectivity index (χ0v) is 16.2. The van der Waals surface area contributed by atoms with Crippen molar-refractivity contribution < 1.29 is 9.53 Å². The number of fused-ring (bicyclic) bond motifs is 1. The van der Waals surface area contributed by atoms with Crippen LogP contribution in [0.25, 0.3) is 10.2 Å². The average molecular weight is 382 g/mol. The number of hydrogen-bond donors (Lipinski definition) is 1. The van der Waals surface area contributed by atoms with Crippen molar-refractivity contribution in [2.45, 2.75) is 19.4 Å². The summed E-state index contributed by atoms with van der Waals surface area (Å²) in [5.41, 5.74) is 2.13. The second kappa shape index (κ2) is 7.96. The highest BCUT2D eigenvalue weighted by Crippen LogP contribution is 2.33. The fourth-order valence-electron chi connectivity index (χ4n) is 3.42. The Morgan fingerprint density at radius 1 is 1.22 bits per heavy atom. The van der Waals surface area contributed by atoms with Crippen LogP contribution < -0.4 is 15.0 Å². The molecule has 0 spiro atoms. The lowest BCUT2D eigenvalue weighted by molar-refractivity contribution is -0.125. The third-order valence-electron chi connectivity index (χ3n) is 5.03. The number of benzene rings is 2. The number of piperidine rings is 1. The van der Waals surface area contributed by atoms with Crippen molar-refractivity contribution in [1.29, 1.82) is 0 Å². The van der Waals surface area contributed by atoms with E-state index in [1.165, 1.54) is 0 Å². The third kappa shape index (κ3) is 4.06. The van der Waals surface area contributed by atoms with E-state index in [0.29, 0.717) is 6.54 Å². The number of methoxy groups -OCH3 is 1. The van der Waals surface area contributed by atoms with Crippen molar-refractivity contribution in [3.63, 3.8) is 0 Å². The molecule has 1 aromatic heterocycles. The first-order chi connectivity index (χ1) is 13.2. The molecule has 0 unspecified atom stereocenters. The van der Waals surface area contributed by atoms with Gasteiger partial charge in [-0.15, -0.1) is 0 Å². The maximum absolute atomic E-state index is 12.5. The molecule has 140 valence electrons. The normalized spacial score (nSPS) is 15.1. The predicted octanol–water partition coefficient (Wildman–Crippen LogP) is 3.84. The molecule has 27 heavy (non-hydrogen) atoms. The van der Waals surface area contributed by atoms with E-state index in [9.17, 15) is 4.79 Å². The number of hydrogen-bond acceptors (Lipinski definition) is 5. The van der Waals surface area contributed by atoms with Gasteiger partial charge in [-0.2, -0.15) is 0 Å². The molecule has 1 aliphatic heterocycles. The number of rotatable bonds is 5. The van der Waals surface area contributed by atoms with Crippen LogP contribution in [0.4, 0.5) is 5.13 Å². The molecule has 5 nitrogen and oxygen atoms in total. The van der Waals surface area contributed by atoms with Gasteiger partial charge in [-0.3, -0.25) is 4.79 Å². The molecule has 0 bridgehead atoms. The lowest BCUT2D eigenvalue weighted by Crippen LogP contribution is -2.40. The van der Waals surface area contributed by atoms with Crippen molar-refractivity contribution >= 4 is 32.6 Å². The fraction of sp³-hybridized carbons (Fsp3) is 0.333. The fourth-order valence-corrected chi connectivity index (χ4v) is 4.46. The number of nitrogens with zero attached hydrogens (tertiary/aromatic N) is 2. The lowest BCUT2D eigenvalue weighted by Gasteiger charge is -2.31. The van der Waals surface area contributed by atoms with Crippen LogP contribution in [0.3, 0.4) is 0 Å². The molecule has 4 rings (SSSR count). The number of nitrogens with one attached hydrogen (secondary N) is 1. The van der Waals surface area contributed by atoms with Gasteiger partial charge >= 0.3 is 0 Å². The van der Waals surface area contributed by atoms with Crippen LogP contribution >= 0.6 is 11.3 Å². The molecule has 0 radical (unpaired) electrons. The minimum absolute atomic E-state index is 0.0828. The van der Waals surface area contributed by atoms with Gasteiger partial charge in [0, 0.05) is 25.6 Å². The summed E-state index contributed by atoms with van der Waals surface area (Å²) < 4.78 is 6.42. The average Bonchev–Trinajstić information content (AvgIpc) is 3.16. The minimum Gasteiger partial charge on any atom is -0.497 e. The van der Waals surface area contributed by atoms with E-state index in [-0.39, 0.29) is 11.8 Å². The first-order valence-electron chi connectivity index (χ1n) is 9.24. The van der Waals surface area contributed by atoms with Crippen LogP contribution in [-0.4, -0.2) is 31.1 Å². The summed E-state index contributed by atoms with van der Waals surface area (Å²) in [6, 6.07) is 16.0. The first kappa shape index (κ1) is 17.8. The largest absolute Gasteiger partial charge is 0.497 e. The van der Waals surface area contributed by atoms with Crippen molar-refractivity contribution in [2.24, 2.45) is 5.92 Å². The summed E-state index contributed by atoms with van der Waals surface area (Å²) in [6.45, 7) is 2.32. The summed E-state index contributed by atoms with van der Waals surface area (Å²) in [6.07, 6.45) is 1.72. The van der Waals surface area contributed by atoms with Gasteiger partial charge in [0.25, 0.3) is 0 Å². The van der Waals surface area contributed by atoms with E-state index < -0.39 is 0 Å². The number of carbonyl (C=O) groups excluding carboxylic acids is 1. The van der Waals surface area contributed by atoms with Gasteiger partial charge in [-0.1, -0.05) is 41.7 Å². The molecule has 1 saturated heterocycles. The predicted molar refractivity (Wildman–Crippen MR) is 109 cm³/mol. The van der Waals surface area contributed by atoms with Crippen molar-refractivity contribution in [3.05, 3.63) is 54.1 Å². The highest BCUT2D eigenvalue weighted by atomic mass is 32.1. The van der Waals surface area contributed by atoms with Crippen LogP contribution in [0, 0.1) is 5.92 Å². The monoisotopic (exact) mass is 381 g/mol. The Hall–Kier alpha value is -2.60. The van der Waals surface area contributed by atoms with Crippen LogP contribution in [0.1, 0.15) is 18.4 Å². The molecule has 2 heterocycles. The molecule has 6 heteroatoms. The smallest absolute Gasteiger partial charge is 0.223 e. The maximum atomic E-state index is 12.5. The highest BCUT2D eigenvalue weighted by molar-refractivity contribution is 7.22. The molecule has 1 fully saturated rings. The standard InChI is InChI=1S/C21H23N3O2S/c1-26-17-7-8-18-19(13-17)27-21(23-18)24-11-9-16(10-12-24)20(25)22-14-15-5-3-2-4-6-15/h2-8,13,16H,9-12,14H2,1H3,(H,22,25). The molecular formula is C21H23N3O2S. The molecular weight excluding hydrogens is 358 g/mol. The van der Waals surface area contributed by atoms with Crippen LogP contribution in [-0.2, 0) is 11.3 Å². The third-order valence-corrected chi connectivity index (χ3v) is 6.11. The molecule has 0 atom stereocenters.